The highest BCUT2D eigenvalue weighted by Gasteiger charge is 2.21. The Bertz CT molecular complexity index is 672. The predicted molar refractivity (Wildman–Crippen MR) is 93.9 cm³/mol. The van der Waals surface area contributed by atoms with Crippen LogP contribution < -0.4 is 14.8 Å². The Morgan fingerprint density at radius 1 is 1.20 bits per heavy atom. The van der Waals surface area contributed by atoms with Crippen LogP contribution in [0.15, 0.2) is 24.3 Å². The number of ether oxygens (including phenoxy) is 2. The van der Waals surface area contributed by atoms with Crippen LogP contribution in [0.3, 0.4) is 0 Å². The second-order valence-electron chi connectivity index (χ2n) is 5.40. The lowest BCUT2D eigenvalue weighted by Crippen LogP contribution is -2.41. The highest BCUT2D eigenvalue weighted by Crippen LogP contribution is 2.14. The molecule has 1 aromatic carbocycles. The Labute approximate surface area is 147 Å². The lowest BCUT2D eigenvalue weighted by atomic mass is 10.3. The summed E-state index contributed by atoms with van der Waals surface area (Å²) in [5, 5.41) is 2.55. The van der Waals surface area contributed by atoms with E-state index in [1.807, 2.05) is 6.92 Å². The molecule has 0 radical (unpaired) electrons. The van der Waals surface area contributed by atoms with Crippen molar-refractivity contribution in [3.05, 3.63) is 24.3 Å². The number of nitrogens with one attached hydrogen (secondary N) is 2. The molecule has 0 spiro atoms. The van der Waals surface area contributed by atoms with Gasteiger partial charge >= 0.3 is 5.97 Å². The van der Waals surface area contributed by atoms with E-state index in [-0.39, 0.29) is 5.75 Å². The van der Waals surface area contributed by atoms with Crippen LogP contribution in [-0.2, 0) is 24.3 Å². The van der Waals surface area contributed by atoms with E-state index in [0.717, 1.165) is 6.42 Å². The highest BCUT2D eigenvalue weighted by molar-refractivity contribution is 7.89. The van der Waals surface area contributed by atoms with Gasteiger partial charge in [0.15, 0.2) is 6.61 Å². The van der Waals surface area contributed by atoms with E-state index >= 15 is 0 Å². The van der Waals surface area contributed by atoms with Gasteiger partial charge in [-0.15, -0.1) is 0 Å². The standard InChI is InChI=1S/C16H24N2O6S/c1-4-5-10-25(21,22)18-12(2)16(20)24-11-15(19)17-13-6-8-14(23-3)9-7-13/h6-9,12,18H,4-5,10-11H2,1-3H3,(H,17,19)/t12-/m0/s1. The maximum Gasteiger partial charge on any atom is 0.324 e. The van der Waals surface area contributed by atoms with E-state index in [4.69, 9.17) is 9.47 Å². The lowest BCUT2D eigenvalue weighted by Gasteiger charge is -2.13. The molecule has 0 heterocycles. The van der Waals surface area contributed by atoms with Crippen LogP contribution in [0.4, 0.5) is 5.69 Å². The zero-order chi connectivity index (χ0) is 18.9. The molecular weight excluding hydrogens is 348 g/mol. The van der Waals surface area contributed by atoms with Gasteiger partial charge in [-0.25, -0.2) is 13.1 Å². The second kappa shape index (κ2) is 10.00. The second-order valence-corrected chi connectivity index (χ2v) is 7.27. The Kier molecular flexibility index (Phi) is 8.36. The maximum absolute atomic E-state index is 11.8. The first-order chi connectivity index (χ1) is 11.8. The van der Waals surface area contributed by atoms with Crippen LogP contribution >= 0.6 is 0 Å². The van der Waals surface area contributed by atoms with E-state index in [2.05, 4.69) is 10.0 Å². The van der Waals surface area contributed by atoms with Gasteiger partial charge in [0.05, 0.1) is 12.9 Å². The number of rotatable bonds is 10. The summed E-state index contributed by atoms with van der Waals surface area (Å²) in [6, 6.07) is 5.57. The van der Waals surface area contributed by atoms with Gasteiger partial charge < -0.3 is 14.8 Å². The number of amides is 1. The van der Waals surface area contributed by atoms with Gasteiger partial charge in [-0.1, -0.05) is 13.3 Å². The summed E-state index contributed by atoms with van der Waals surface area (Å²) in [4.78, 5) is 23.6. The number of carbonyl (C=O) groups is 2. The van der Waals surface area contributed by atoms with Crippen molar-refractivity contribution in [1.29, 1.82) is 0 Å². The van der Waals surface area contributed by atoms with Gasteiger partial charge in [-0.3, -0.25) is 9.59 Å². The van der Waals surface area contributed by atoms with Crippen LogP contribution in [0.5, 0.6) is 5.75 Å². The molecule has 0 aliphatic carbocycles. The first-order valence-corrected chi connectivity index (χ1v) is 9.53. The number of anilines is 1. The highest BCUT2D eigenvalue weighted by atomic mass is 32.2. The van der Waals surface area contributed by atoms with E-state index < -0.39 is 34.5 Å². The normalized spacial score (nSPS) is 12.3. The van der Waals surface area contributed by atoms with Gasteiger partial charge in [0.1, 0.15) is 11.8 Å². The summed E-state index contributed by atoms with van der Waals surface area (Å²) in [6.45, 7) is 2.73. The van der Waals surface area contributed by atoms with Crippen molar-refractivity contribution in [1.82, 2.24) is 4.72 Å². The van der Waals surface area contributed by atoms with Crippen molar-refractivity contribution in [2.24, 2.45) is 0 Å². The van der Waals surface area contributed by atoms with Crippen LogP contribution in [0.2, 0.25) is 0 Å². The number of hydrogen-bond donors (Lipinski definition) is 2. The van der Waals surface area contributed by atoms with Gasteiger partial charge in [0.25, 0.3) is 5.91 Å². The molecule has 0 unspecified atom stereocenters. The average Bonchev–Trinajstić information content (AvgIpc) is 2.58. The van der Waals surface area contributed by atoms with E-state index in [9.17, 15) is 18.0 Å². The number of benzene rings is 1. The minimum Gasteiger partial charge on any atom is -0.497 e. The van der Waals surface area contributed by atoms with Gasteiger partial charge in [-0.2, -0.15) is 0 Å². The number of sulfonamides is 1. The monoisotopic (exact) mass is 372 g/mol. The number of hydrogen-bond acceptors (Lipinski definition) is 6. The fourth-order valence-corrected chi connectivity index (χ4v) is 3.27. The molecule has 0 aromatic heterocycles. The Morgan fingerprint density at radius 3 is 2.40 bits per heavy atom. The third kappa shape index (κ3) is 7.99. The van der Waals surface area contributed by atoms with Crippen molar-refractivity contribution in [3.8, 4) is 5.75 Å². The van der Waals surface area contributed by atoms with Crippen LogP contribution in [0.25, 0.3) is 0 Å². The molecule has 8 nitrogen and oxygen atoms in total. The van der Waals surface area contributed by atoms with Crippen molar-refractivity contribution < 1.29 is 27.5 Å². The molecule has 0 aliphatic heterocycles. The molecule has 1 aromatic rings. The van der Waals surface area contributed by atoms with Gasteiger partial charge in [-0.05, 0) is 37.6 Å². The van der Waals surface area contributed by atoms with Crippen molar-refractivity contribution in [2.45, 2.75) is 32.7 Å². The summed E-state index contributed by atoms with van der Waals surface area (Å²) in [6.07, 6.45) is 1.23. The average molecular weight is 372 g/mol. The molecule has 9 heteroatoms. The van der Waals surface area contributed by atoms with Gasteiger partial charge in [0.2, 0.25) is 10.0 Å². The molecule has 1 amide bonds. The zero-order valence-corrected chi connectivity index (χ0v) is 15.4. The van der Waals surface area contributed by atoms with E-state index in [1.54, 1.807) is 24.3 Å². The molecule has 1 rings (SSSR count). The molecule has 140 valence electrons. The maximum atomic E-state index is 11.8. The summed E-state index contributed by atoms with van der Waals surface area (Å²) < 4.78 is 35.5. The molecule has 25 heavy (non-hydrogen) atoms. The Balaban J connectivity index is 2.42. The smallest absolute Gasteiger partial charge is 0.324 e. The minimum atomic E-state index is -3.54. The summed E-state index contributed by atoms with van der Waals surface area (Å²) in [7, 11) is -2.01. The summed E-state index contributed by atoms with van der Waals surface area (Å²) in [5.41, 5.74) is 0.523. The number of carbonyl (C=O) groups excluding carboxylic acids is 2. The van der Waals surface area contributed by atoms with Crippen LogP contribution in [-0.4, -0.2) is 45.8 Å². The Morgan fingerprint density at radius 2 is 1.84 bits per heavy atom. The third-order valence-corrected chi connectivity index (χ3v) is 4.73. The molecule has 0 saturated heterocycles. The van der Waals surface area contributed by atoms with Gasteiger partial charge in [0, 0.05) is 5.69 Å². The summed E-state index contributed by atoms with van der Waals surface area (Å²) >= 11 is 0. The quantitative estimate of drug-likeness (QED) is 0.599. The topological polar surface area (TPSA) is 111 Å². The molecule has 2 N–H and O–H groups in total. The van der Waals surface area contributed by atoms with Crippen molar-refractivity contribution >= 4 is 27.6 Å². The van der Waals surface area contributed by atoms with Crippen LogP contribution in [0, 0.1) is 0 Å². The third-order valence-electron chi connectivity index (χ3n) is 3.20. The fourth-order valence-electron chi connectivity index (χ4n) is 1.84. The van der Waals surface area contributed by atoms with E-state index in [1.165, 1.54) is 14.0 Å². The molecule has 1 atom stereocenters. The number of esters is 1. The summed E-state index contributed by atoms with van der Waals surface area (Å²) in [5.74, 6) is -0.753. The van der Waals surface area contributed by atoms with Crippen LogP contribution in [0.1, 0.15) is 26.7 Å². The predicted octanol–water partition coefficient (Wildman–Crippen LogP) is 1.28. The number of unbranched alkanes of at least 4 members (excludes halogenated alkanes) is 1. The van der Waals surface area contributed by atoms with E-state index in [0.29, 0.717) is 17.9 Å². The van der Waals surface area contributed by atoms with Crippen molar-refractivity contribution in [2.75, 3.05) is 24.8 Å². The molecule has 0 saturated carbocycles. The molecule has 0 bridgehead atoms. The van der Waals surface area contributed by atoms with Crippen molar-refractivity contribution in [3.63, 3.8) is 0 Å². The molecular formula is C16H24N2O6S. The largest absolute Gasteiger partial charge is 0.497 e. The molecule has 0 aliphatic rings. The lowest BCUT2D eigenvalue weighted by molar-refractivity contribution is -0.148. The fraction of sp³-hybridized carbons (Fsp3) is 0.500. The first kappa shape index (κ1) is 20.9. The Hall–Kier alpha value is -2.13. The minimum absolute atomic E-state index is 0.0565. The zero-order valence-electron chi connectivity index (χ0n) is 14.6. The number of methoxy groups -OCH3 is 1. The first-order valence-electron chi connectivity index (χ1n) is 7.88. The molecule has 0 fully saturated rings. The SMILES string of the molecule is CCCCS(=O)(=O)N[C@@H](C)C(=O)OCC(=O)Nc1ccc(OC)cc1.